The monoisotopic (exact) mass is 414 g/mol. The molecule has 0 spiro atoms. The first-order chi connectivity index (χ1) is 14.3. The second-order valence-electron chi connectivity index (χ2n) is 6.34. The van der Waals surface area contributed by atoms with Crippen molar-refractivity contribution in [3.63, 3.8) is 0 Å². The van der Waals surface area contributed by atoms with Gasteiger partial charge in [0, 0.05) is 18.3 Å². The summed E-state index contributed by atoms with van der Waals surface area (Å²) < 4.78 is 43.0. The number of nitrogens with one attached hydrogen (secondary N) is 1. The van der Waals surface area contributed by atoms with E-state index < -0.39 is 23.6 Å². The minimum absolute atomic E-state index is 0.120. The lowest BCUT2D eigenvalue weighted by molar-refractivity contribution is -0.137. The van der Waals surface area contributed by atoms with Gasteiger partial charge in [0.2, 0.25) is 0 Å². The molecule has 3 rings (SSSR count). The highest BCUT2D eigenvalue weighted by molar-refractivity contribution is 6.00. The average molecular weight is 414 g/mol. The standard InChI is InChI=1S/C22H17F3N2O3/c1-30-21(29)19-12-14(10-11-26-19)13-27-20(28)18-5-3-2-4-17(18)15-6-8-16(9-7-15)22(23,24)25/h2-12H,13H2,1H3,(H,27,28). The van der Waals surface area contributed by atoms with Crippen LogP contribution in [0.15, 0.2) is 66.9 Å². The minimum Gasteiger partial charge on any atom is -0.464 e. The molecule has 0 aliphatic rings. The van der Waals surface area contributed by atoms with Crippen molar-refractivity contribution in [3.8, 4) is 11.1 Å². The average Bonchev–Trinajstić information content (AvgIpc) is 2.76. The molecule has 30 heavy (non-hydrogen) atoms. The molecule has 154 valence electrons. The molecule has 3 aromatic rings. The number of alkyl halides is 3. The van der Waals surface area contributed by atoms with Gasteiger partial charge in [-0.15, -0.1) is 0 Å². The number of amides is 1. The highest BCUT2D eigenvalue weighted by Gasteiger charge is 2.30. The van der Waals surface area contributed by atoms with Crippen molar-refractivity contribution in [3.05, 3.63) is 89.2 Å². The lowest BCUT2D eigenvalue weighted by Crippen LogP contribution is -2.23. The van der Waals surface area contributed by atoms with Crippen LogP contribution in [0.5, 0.6) is 0 Å². The summed E-state index contributed by atoms with van der Waals surface area (Å²) in [5.41, 5.74) is 1.33. The molecule has 0 fully saturated rings. The first-order valence-corrected chi connectivity index (χ1v) is 8.87. The van der Waals surface area contributed by atoms with E-state index in [0.29, 0.717) is 22.3 Å². The third-order valence-electron chi connectivity index (χ3n) is 4.37. The number of halogens is 3. The van der Waals surface area contributed by atoms with Gasteiger partial charge in [0.15, 0.2) is 0 Å². The molecule has 1 aromatic heterocycles. The van der Waals surface area contributed by atoms with Crippen molar-refractivity contribution in [2.75, 3.05) is 7.11 Å². The molecular weight excluding hydrogens is 397 g/mol. The molecule has 2 aromatic carbocycles. The molecular formula is C22H17F3N2O3. The quantitative estimate of drug-likeness (QED) is 0.625. The smallest absolute Gasteiger partial charge is 0.416 e. The third kappa shape index (κ3) is 4.83. The largest absolute Gasteiger partial charge is 0.464 e. The van der Waals surface area contributed by atoms with Crippen molar-refractivity contribution < 1.29 is 27.5 Å². The van der Waals surface area contributed by atoms with Crippen LogP contribution in [0.3, 0.4) is 0 Å². The number of nitrogens with zero attached hydrogens (tertiary/aromatic N) is 1. The van der Waals surface area contributed by atoms with Crippen LogP contribution in [-0.4, -0.2) is 24.0 Å². The topological polar surface area (TPSA) is 68.3 Å². The fourth-order valence-electron chi connectivity index (χ4n) is 2.85. The van der Waals surface area contributed by atoms with E-state index in [1.807, 2.05) is 0 Å². The number of esters is 1. The van der Waals surface area contributed by atoms with E-state index in [9.17, 15) is 22.8 Å². The number of carbonyl (C=O) groups is 2. The van der Waals surface area contributed by atoms with Crippen LogP contribution < -0.4 is 5.32 Å². The Hall–Kier alpha value is -3.68. The molecule has 1 N–H and O–H groups in total. The van der Waals surface area contributed by atoms with E-state index in [1.54, 1.807) is 30.3 Å². The van der Waals surface area contributed by atoms with E-state index >= 15 is 0 Å². The Labute approximate surface area is 170 Å². The van der Waals surface area contributed by atoms with Crippen LogP contribution in [0.25, 0.3) is 11.1 Å². The van der Waals surface area contributed by atoms with Crippen LogP contribution in [0.4, 0.5) is 13.2 Å². The molecule has 8 heteroatoms. The Kier molecular flexibility index (Phi) is 6.15. The van der Waals surface area contributed by atoms with Gasteiger partial charge in [0.1, 0.15) is 5.69 Å². The Balaban J connectivity index is 1.79. The summed E-state index contributed by atoms with van der Waals surface area (Å²) in [5, 5.41) is 2.75. The van der Waals surface area contributed by atoms with Crippen LogP contribution in [-0.2, 0) is 17.5 Å². The number of rotatable bonds is 5. The second kappa shape index (κ2) is 8.77. The van der Waals surface area contributed by atoms with Gasteiger partial charge in [-0.2, -0.15) is 13.2 Å². The molecule has 5 nitrogen and oxygen atoms in total. The summed E-state index contributed by atoms with van der Waals surface area (Å²) in [5.74, 6) is -0.988. The molecule has 0 unspecified atom stereocenters. The summed E-state index contributed by atoms with van der Waals surface area (Å²) in [6.45, 7) is 0.132. The van der Waals surface area contributed by atoms with E-state index in [1.165, 1.54) is 31.5 Å². The van der Waals surface area contributed by atoms with Crippen LogP contribution in [0, 0.1) is 0 Å². The zero-order valence-electron chi connectivity index (χ0n) is 15.9. The number of ether oxygens (including phenoxy) is 1. The number of aromatic nitrogens is 1. The summed E-state index contributed by atoms with van der Waals surface area (Å²) in [6.07, 6.45) is -2.99. The normalized spacial score (nSPS) is 11.1. The molecule has 0 bridgehead atoms. The Bertz CT molecular complexity index is 1060. The van der Waals surface area contributed by atoms with Gasteiger partial charge in [-0.25, -0.2) is 9.78 Å². The summed E-state index contributed by atoms with van der Waals surface area (Å²) in [4.78, 5) is 28.2. The van der Waals surface area contributed by atoms with Crippen molar-refractivity contribution >= 4 is 11.9 Å². The predicted octanol–water partition coefficient (Wildman–Crippen LogP) is 4.48. The number of hydrogen-bond acceptors (Lipinski definition) is 4. The predicted molar refractivity (Wildman–Crippen MR) is 104 cm³/mol. The number of carbonyl (C=O) groups excluding carboxylic acids is 2. The fourth-order valence-corrected chi connectivity index (χ4v) is 2.85. The summed E-state index contributed by atoms with van der Waals surface area (Å²) >= 11 is 0. The number of methoxy groups -OCH3 is 1. The number of benzene rings is 2. The fraction of sp³-hybridized carbons (Fsp3) is 0.136. The highest BCUT2D eigenvalue weighted by atomic mass is 19.4. The molecule has 0 aliphatic carbocycles. The number of pyridine rings is 1. The van der Waals surface area contributed by atoms with Gasteiger partial charge in [-0.3, -0.25) is 4.79 Å². The van der Waals surface area contributed by atoms with E-state index in [0.717, 1.165) is 12.1 Å². The lowest BCUT2D eigenvalue weighted by atomic mass is 9.98. The second-order valence-corrected chi connectivity index (χ2v) is 6.34. The van der Waals surface area contributed by atoms with Crippen LogP contribution in [0.2, 0.25) is 0 Å². The van der Waals surface area contributed by atoms with Crippen molar-refractivity contribution in [1.29, 1.82) is 0 Å². The Morgan fingerprint density at radius 1 is 1.03 bits per heavy atom. The Morgan fingerprint density at radius 2 is 1.73 bits per heavy atom. The maximum absolute atomic E-state index is 12.8. The van der Waals surface area contributed by atoms with Crippen molar-refractivity contribution in [2.45, 2.75) is 12.7 Å². The van der Waals surface area contributed by atoms with Gasteiger partial charge >= 0.3 is 12.1 Å². The molecule has 0 atom stereocenters. The van der Waals surface area contributed by atoms with Crippen LogP contribution in [0.1, 0.15) is 32.0 Å². The summed E-state index contributed by atoms with van der Waals surface area (Å²) in [6, 6.07) is 14.4. The first-order valence-electron chi connectivity index (χ1n) is 8.87. The van der Waals surface area contributed by atoms with E-state index in [-0.39, 0.29) is 12.2 Å². The zero-order chi connectivity index (χ0) is 21.7. The SMILES string of the molecule is COC(=O)c1cc(CNC(=O)c2ccccc2-c2ccc(C(F)(F)F)cc2)ccn1. The molecule has 0 aliphatic heterocycles. The van der Waals surface area contributed by atoms with E-state index in [4.69, 9.17) is 0 Å². The highest BCUT2D eigenvalue weighted by Crippen LogP contribution is 2.31. The molecule has 1 heterocycles. The Morgan fingerprint density at radius 3 is 2.40 bits per heavy atom. The maximum atomic E-state index is 12.8. The lowest BCUT2D eigenvalue weighted by Gasteiger charge is -2.12. The van der Waals surface area contributed by atoms with Crippen molar-refractivity contribution in [1.82, 2.24) is 10.3 Å². The van der Waals surface area contributed by atoms with Crippen LogP contribution >= 0.6 is 0 Å². The molecule has 0 saturated carbocycles. The van der Waals surface area contributed by atoms with Crippen molar-refractivity contribution in [2.24, 2.45) is 0 Å². The third-order valence-corrected chi connectivity index (χ3v) is 4.37. The van der Waals surface area contributed by atoms with E-state index in [2.05, 4.69) is 15.0 Å². The van der Waals surface area contributed by atoms with Gasteiger partial charge in [-0.1, -0.05) is 30.3 Å². The molecule has 0 radical (unpaired) electrons. The van der Waals surface area contributed by atoms with Gasteiger partial charge in [-0.05, 0) is 47.0 Å². The zero-order valence-corrected chi connectivity index (χ0v) is 15.9. The minimum atomic E-state index is -4.43. The summed E-state index contributed by atoms with van der Waals surface area (Å²) in [7, 11) is 1.25. The van der Waals surface area contributed by atoms with Gasteiger partial charge in [0.25, 0.3) is 5.91 Å². The molecule has 0 saturated heterocycles. The number of hydrogen-bond donors (Lipinski definition) is 1. The van der Waals surface area contributed by atoms with Gasteiger partial charge < -0.3 is 10.1 Å². The maximum Gasteiger partial charge on any atom is 0.416 e. The van der Waals surface area contributed by atoms with Gasteiger partial charge in [0.05, 0.1) is 12.7 Å². The molecule has 1 amide bonds. The first kappa shape index (κ1) is 21.0.